The summed E-state index contributed by atoms with van der Waals surface area (Å²) in [6, 6.07) is 12.7. The maximum absolute atomic E-state index is 12.6. The Labute approximate surface area is 172 Å². The highest BCUT2D eigenvalue weighted by Gasteiger charge is 2.27. The molecule has 0 spiro atoms. The van der Waals surface area contributed by atoms with Crippen LogP contribution in [0.4, 0.5) is 0 Å². The summed E-state index contributed by atoms with van der Waals surface area (Å²) >= 11 is 0. The van der Waals surface area contributed by atoms with Crippen LogP contribution in [0.5, 0.6) is 17.2 Å². The molecule has 0 heterocycles. The van der Waals surface area contributed by atoms with Crippen LogP contribution in [0.3, 0.4) is 0 Å². The number of methoxy groups -OCH3 is 3. The smallest absolute Gasteiger partial charge is 0.275 e. The van der Waals surface area contributed by atoms with E-state index in [-0.39, 0.29) is 5.91 Å². The first-order chi connectivity index (χ1) is 14.1. The van der Waals surface area contributed by atoms with Crippen LogP contribution < -0.4 is 24.4 Å². The lowest BCUT2D eigenvalue weighted by molar-refractivity contribution is -0.905. The molecule has 0 aliphatic heterocycles. The molecule has 6 nitrogen and oxygen atoms in total. The van der Waals surface area contributed by atoms with E-state index in [0.29, 0.717) is 36.4 Å². The number of fused-ring (bicyclic) bond motifs is 1. The quantitative estimate of drug-likeness (QED) is 0.712. The van der Waals surface area contributed by atoms with Crippen molar-refractivity contribution in [3.05, 3.63) is 53.1 Å². The number of amides is 1. The Morgan fingerprint density at radius 1 is 1.10 bits per heavy atom. The van der Waals surface area contributed by atoms with Gasteiger partial charge in [-0.25, -0.2) is 0 Å². The van der Waals surface area contributed by atoms with Gasteiger partial charge in [0.05, 0.1) is 28.4 Å². The molecule has 2 aromatic carbocycles. The lowest BCUT2D eigenvalue weighted by Gasteiger charge is -2.30. The fourth-order valence-electron chi connectivity index (χ4n) is 4.14. The van der Waals surface area contributed by atoms with Crippen molar-refractivity contribution in [2.75, 3.05) is 34.9 Å². The highest BCUT2D eigenvalue weighted by Crippen LogP contribution is 2.38. The van der Waals surface area contributed by atoms with Gasteiger partial charge in [0.15, 0.2) is 18.0 Å². The lowest BCUT2D eigenvalue weighted by Crippen LogP contribution is -3.10. The van der Waals surface area contributed by atoms with Crippen molar-refractivity contribution < 1.29 is 23.9 Å². The normalized spacial score (nSPS) is 16.5. The molecule has 0 saturated carbocycles. The van der Waals surface area contributed by atoms with Gasteiger partial charge in [0.25, 0.3) is 5.91 Å². The Hall–Kier alpha value is -2.73. The molecule has 2 atom stereocenters. The Morgan fingerprint density at radius 2 is 1.79 bits per heavy atom. The van der Waals surface area contributed by atoms with E-state index in [0.717, 1.165) is 18.4 Å². The number of hydrogen-bond acceptors (Lipinski definition) is 4. The van der Waals surface area contributed by atoms with Gasteiger partial charge in [-0.05, 0) is 36.1 Å². The fourth-order valence-corrected chi connectivity index (χ4v) is 4.14. The van der Waals surface area contributed by atoms with Crippen LogP contribution >= 0.6 is 0 Å². The zero-order valence-electron chi connectivity index (χ0n) is 17.7. The topological polar surface area (TPSA) is 61.2 Å². The van der Waals surface area contributed by atoms with E-state index in [9.17, 15) is 4.79 Å². The molecule has 1 aliphatic carbocycles. The number of aryl methyl sites for hydroxylation is 1. The number of quaternary nitrogens is 1. The molecular weight excluding hydrogens is 368 g/mol. The van der Waals surface area contributed by atoms with Crippen molar-refractivity contribution in [1.29, 1.82) is 0 Å². The molecule has 1 amide bonds. The average Bonchev–Trinajstić information content (AvgIpc) is 2.76. The Balaban J connectivity index is 1.62. The molecule has 6 heteroatoms. The maximum atomic E-state index is 12.6. The van der Waals surface area contributed by atoms with Gasteiger partial charge in [-0.2, -0.15) is 0 Å². The van der Waals surface area contributed by atoms with E-state index in [1.807, 2.05) is 12.1 Å². The minimum atomic E-state index is 0.0271. The van der Waals surface area contributed by atoms with Gasteiger partial charge in [-0.15, -0.1) is 0 Å². The Kier molecular flexibility index (Phi) is 6.99. The molecule has 2 aromatic rings. The number of rotatable bonds is 8. The van der Waals surface area contributed by atoms with Crippen molar-refractivity contribution in [3.8, 4) is 17.2 Å². The molecule has 3 rings (SSSR count). The van der Waals surface area contributed by atoms with Crippen LogP contribution in [-0.2, 0) is 17.8 Å². The zero-order valence-corrected chi connectivity index (χ0v) is 17.7. The second kappa shape index (κ2) is 9.65. The summed E-state index contributed by atoms with van der Waals surface area (Å²) < 4.78 is 16.1. The van der Waals surface area contributed by atoms with E-state index in [4.69, 9.17) is 14.2 Å². The first kappa shape index (κ1) is 21.0. The maximum Gasteiger partial charge on any atom is 0.275 e. The molecule has 1 unspecified atom stereocenters. The third-order valence-electron chi connectivity index (χ3n) is 5.62. The van der Waals surface area contributed by atoms with E-state index < -0.39 is 0 Å². The van der Waals surface area contributed by atoms with E-state index in [1.165, 1.54) is 22.4 Å². The fraction of sp³-hybridized carbons (Fsp3) is 0.435. The zero-order chi connectivity index (χ0) is 20.8. The molecule has 0 aromatic heterocycles. The van der Waals surface area contributed by atoms with Crippen LogP contribution in [0.15, 0.2) is 36.4 Å². The third kappa shape index (κ3) is 4.82. The Bertz CT molecular complexity index is 828. The summed E-state index contributed by atoms with van der Waals surface area (Å²) in [4.78, 5) is 13.8. The van der Waals surface area contributed by atoms with Crippen LogP contribution in [0, 0.1) is 0 Å². The van der Waals surface area contributed by atoms with Crippen molar-refractivity contribution in [2.24, 2.45) is 0 Å². The summed E-state index contributed by atoms with van der Waals surface area (Å²) in [5.74, 6) is 1.74. The van der Waals surface area contributed by atoms with Gasteiger partial charge < -0.3 is 24.4 Å². The van der Waals surface area contributed by atoms with E-state index in [2.05, 4.69) is 36.6 Å². The first-order valence-electron chi connectivity index (χ1n) is 10.0. The standard InChI is InChI=1S/C23H30N2O4/c1-25(19-11-7-9-17-8-5-6-10-18(17)19)15-22(26)24-14-16-12-20(27-2)23(29-4)21(13-16)28-3/h5-6,8,10,12-13,19H,7,9,11,14-15H2,1-4H3,(H,24,26)/p+1/t19-/m1/s1. The minimum Gasteiger partial charge on any atom is -0.493 e. The molecule has 0 saturated heterocycles. The number of ether oxygens (including phenoxy) is 3. The van der Waals surface area contributed by atoms with Gasteiger partial charge in [-0.3, -0.25) is 4.79 Å². The summed E-state index contributed by atoms with van der Waals surface area (Å²) in [5.41, 5.74) is 3.70. The number of carbonyl (C=O) groups excluding carboxylic acids is 1. The molecule has 0 fully saturated rings. The third-order valence-corrected chi connectivity index (χ3v) is 5.62. The second-order valence-corrected chi connectivity index (χ2v) is 7.48. The minimum absolute atomic E-state index is 0.0271. The monoisotopic (exact) mass is 399 g/mol. The molecule has 156 valence electrons. The molecule has 0 bridgehead atoms. The van der Waals surface area contributed by atoms with E-state index in [1.54, 1.807) is 21.3 Å². The van der Waals surface area contributed by atoms with Gasteiger partial charge in [0.1, 0.15) is 6.04 Å². The molecule has 1 aliphatic rings. The first-order valence-corrected chi connectivity index (χ1v) is 10.0. The SMILES string of the molecule is COc1cc(CNC(=O)C[NH+](C)[C@@H]2CCCc3ccccc32)cc(OC)c1OC. The summed E-state index contributed by atoms with van der Waals surface area (Å²) in [7, 11) is 6.84. The average molecular weight is 400 g/mol. The number of likely N-dealkylation sites (N-methyl/N-ethyl adjacent to an activating group) is 1. The van der Waals surface area contributed by atoms with Crippen molar-refractivity contribution >= 4 is 5.91 Å². The summed E-state index contributed by atoms with van der Waals surface area (Å²) in [6.07, 6.45) is 3.42. The van der Waals surface area contributed by atoms with Gasteiger partial charge in [0.2, 0.25) is 5.75 Å². The number of hydrogen-bond donors (Lipinski definition) is 2. The lowest BCUT2D eigenvalue weighted by atomic mass is 9.87. The van der Waals surface area contributed by atoms with Gasteiger partial charge in [-0.1, -0.05) is 24.3 Å². The van der Waals surface area contributed by atoms with Crippen LogP contribution in [0.25, 0.3) is 0 Å². The predicted octanol–water partition coefficient (Wildman–Crippen LogP) is 1.92. The molecule has 2 N–H and O–H groups in total. The summed E-state index contributed by atoms with van der Waals surface area (Å²) in [6.45, 7) is 0.841. The van der Waals surface area contributed by atoms with Gasteiger partial charge in [0, 0.05) is 18.5 Å². The van der Waals surface area contributed by atoms with Gasteiger partial charge >= 0.3 is 0 Å². The molecule has 29 heavy (non-hydrogen) atoms. The predicted molar refractivity (Wildman–Crippen MR) is 112 cm³/mol. The van der Waals surface area contributed by atoms with Crippen molar-refractivity contribution in [2.45, 2.75) is 31.8 Å². The highest BCUT2D eigenvalue weighted by molar-refractivity contribution is 5.76. The van der Waals surface area contributed by atoms with Crippen molar-refractivity contribution in [1.82, 2.24) is 5.32 Å². The second-order valence-electron chi connectivity index (χ2n) is 7.48. The largest absolute Gasteiger partial charge is 0.493 e. The Morgan fingerprint density at radius 3 is 2.45 bits per heavy atom. The number of carbonyl (C=O) groups is 1. The van der Waals surface area contributed by atoms with Crippen LogP contribution in [0.1, 0.15) is 35.6 Å². The van der Waals surface area contributed by atoms with E-state index >= 15 is 0 Å². The van der Waals surface area contributed by atoms with Crippen molar-refractivity contribution in [3.63, 3.8) is 0 Å². The number of benzene rings is 2. The summed E-state index contributed by atoms with van der Waals surface area (Å²) in [5, 5.41) is 3.02. The molecule has 0 radical (unpaired) electrons. The van der Waals surface area contributed by atoms with Crippen LogP contribution in [0.2, 0.25) is 0 Å². The van der Waals surface area contributed by atoms with Crippen LogP contribution in [-0.4, -0.2) is 40.8 Å². The number of nitrogens with one attached hydrogen (secondary N) is 2. The molecular formula is C23H31N2O4+. The highest BCUT2D eigenvalue weighted by atomic mass is 16.5.